The summed E-state index contributed by atoms with van der Waals surface area (Å²) in [5.41, 5.74) is 0. The van der Waals surface area contributed by atoms with Crippen molar-refractivity contribution in [3.8, 4) is 0 Å². The van der Waals surface area contributed by atoms with Crippen LogP contribution in [0.15, 0.2) is 0 Å². The summed E-state index contributed by atoms with van der Waals surface area (Å²) in [6.45, 7) is 13.5. The molecule has 0 aromatic heterocycles. The van der Waals surface area contributed by atoms with E-state index in [1.165, 1.54) is 51.7 Å². The van der Waals surface area contributed by atoms with Crippen molar-refractivity contribution in [3.05, 3.63) is 0 Å². The van der Waals surface area contributed by atoms with E-state index in [9.17, 15) is 0 Å². The number of hydrogen-bond acceptors (Lipinski definition) is 2. The van der Waals surface area contributed by atoms with Gasteiger partial charge in [-0.05, 0) is 38.1 Å². The first-order valence-electron chi connectivity index (χ1n) is 8.17. The number of rotatable bonds is 4. The average molecular weight is 252 g/mol. The van der Waals surface area contributed by atoms with Gasteiger partial charge in [-0.25, -0.2) is 0 Å². The predicted octanol–water partition coefficient (Wildman–Crippen LogP) is 3.37. The number of piperazine rings is 1. The van der Waals surface area contributed by atoms with Gasteiger partial charge in [-0.3, -0.25) is 9.80 Å². The van der Waals surface area contributed by atoms with Crippen molar-refractivity contribution < 1.29 is 0 Å². The molecule has 18 heavy (non-hydrogen) atoms. The van der Waals surface area contributed by atoms with Crippen LogP contribution in [-0.2, 0) is 0 Å². The number of piperidine rings is 1. The third-order valence-electron chi connectivity index (χ3n) is 5.20. The van der Waals surface area contributed by atoms with Gasteiger partial charge >= 0.3 is 0 Å². The molecule has 0 amide bonds. The quantitative estimate of drug-likeness (QED) is 0.757. The van der Waals surface area contributed by atoms with Gasteiger partial charge in [-0.15, -0.1) is 0 Å². The Balaban J connectivity index is 2.09. The van der Waals surface area contributed by atoms with Gasteiger partial charge in [0, 0.05) is 31.2 Å². The normalized spacial score (nSPS) is 31.0. The van der Waals surface area contributed by atoms with Gasteiger partial charge in [-0.1, -0.05) is 34.1 Å². The Bertz CT molecular complexity index is 247. The Labute approximate surface area is 114 Å². The van der Waals surface area contributed by atoms with E-state index in [-0.39, 0.29) is 0 Å². The SMILES string of the molecule is CCC(CC)N1CC2CCCCN2CC1C(C)C. The van der Waals surface area contributed by atoms with Gasteiger partial charge in [0.2, 0.25) is 0 Å². The van der Waals surface area contributed by atoms with Crippen LogP contribution in [-0.4, -0.2) is 47.6 Å². The van der Waals surface area contributed by atoms with Crippen LogP contribution in [0.2, 0.25) is 0 Å². The molecule has 0 saturated carbocycles. The van der Waals surface area contributed by atoms with E-state index in [2.05, 4.69) is 37.5 Å². The van der Waals surface area contributed by atoms with Crippen molar-refractivity contribution >= 4 is 0 Å². The summed E-state index contributed by atoms with van der Waals surface area (Å²) < 4.78 is 0. The van der Waals surface area contributed by atoms with Gasteiger partial charge in [0.05, 0.1) is 0 Å². The predicted molar refractivity (Wildman–Crippen MR) is 78.9 cm³/mol. The summed E-state index contributed by atoms with van der Waals surface area (Å²) in [6.07, 6.45) is 6.93. The molecule has 0 N–H and O–H groups in total. The maximum Gasteiger partial charge on any atom is 0.0249 e. The Hall–Kier alpha value is -0.0800. The number of nitrogens with zero attached hydrogens (tertiary/aromatic N) is 2. The Morgan fingerprint density at radius 2 is 1.78 bits per heavy atom. The topological polar surface area (TPSA) is 6.48 Å². The van der Waals surface area contributed by atoms with Gasteiger partial charge in [0.1, 0.15) is 0 Å². The van der Waals surface area contributed by atoms with E-state index in [1.54, 1.807) is 0 Å². The van der Waals surface area contributed by atoms with Crippen molar-refractivity contribution in [2.45, 2.75) is 77.9 Å². The van der Waals surface area contributed by atoms with Crippen molar-refractivity contribution in [1.82, 2.24) is 9.80 Å². The summed E-state index contributed by atoms with van der Waals surface area (Å²) in [7, 11) is 0. The van der Waals surface area contributed by atoms with Crippen LogP contribution in [0.4, 0.5) is 0 Å². The fourth-order valence-electron chi connectivity index (χ4n) is 4.00. The molecule has 2 heteroatoms. The Morgan fingerprint density at radius 3 is 2.39 bits per heavy atom. The molecular formula is C16H32N2. The van der Waals surface area contributed by atoms with Gasteiger partial charge in [0.15, 0.2) is 0 Å². The minimum atomic E-state index is 0.782. The second-order valence-corrected chi connectivity index (χ2v) is 6.62. The summed E-state index contributed by atoms with van der Waals surface area (Å²) in [5, 5.41) is 0. The fraction of sp³-hybridized carbons (Fsp3) is 1.00. The molecule has 2 heterocycles. The third kappa shape index (κ3) is 2.91. The molecule has 0 bridgehead atoms. The molecule has 2 nitrogen and oxygen atoms in total. The lowest BCUT2D eigenvalue weighted by molar-refractivity contribution is -0.0316. The lowest BCUT2D eigenvalue weighted by atomic mass is 9.90. The summed E-state index contributed by atoms with van der Waals surface area (Å²) in [5.74, 6) is 0.786. The lowest BCUT2D eigenvalue weighted by Crippen LogP contribution is -2.63. The molecule has 106 valence electrons. The Morgan fingerprint density at radius 1 is 1.06 bits per heavy atom. The highest BCUT2D eigenvalue weighted by Gasteiger charge is 2.38. The van der Waals surface area contributed by atoms with Gasteiger partial charge < -0.3 is 0 Å². The number of fused-ring (bicyclic) bond motifs is 1. The zero-order valence-corrected chi connectivity index (χ0v) is 12.9. The maximum atomic E-state index is 2.86. The number of hydrogen-bond donors (Lipinski definition) is 0. The monoisotopic (exact) mass is 252 g/mol. The molecule has 2 aliphatic rings. The summed E-state index contributed by atoms with van der Waals surface area (Å²) in [6, 6.07) is 2.44. The zero-order valence-electron chi connectivity index (χ0n) is 12.9. The molecule has 2 rings (SSSR count). The summed E-state index contributed by atoms with van der Waals surface area (Å²) >= 11 is 0. The van der Waals surface area contributed by atoms with Crippen LogP contribution in [0.5, 0.6) is 0 Å². The van der Waals surface area contributed by atoms with Crippen LogP contribution >= 0.6 is 0 Å². The van der Waals surface area contributed by atoms with E-state index in [1.807, 2.05) is 0 Å². The molecular weight excluding hydrogens is 220 g/mol. The van der Waals surface area contributed by atoms with Crippen LogP contribution < -0.4 is 0 Å². The summed E-state index contributed by atoms with van der Waals surface area (Å²) in [4.78, 5) is 5.64. The molecule has 2 atom stereocenters. The van der Waals surface area contributed by atoms with Crippen LogP contribution in [0.1, 0.15) is 59.8 Å². The molecule has 0 spiro atoms. The highest BCUT2D eigenvalue weighted by Crippen LogP contribution is 2.29. The molecule has 0 aromatic carbocycles. The second kappa shape index (κ2) is 6.38. The van der Waals surface area contributed by atoms with Crippen molar-refractivity contribution in [1.29, 1.82) is 0 Å². The first kappa shape index (κ1) is 14.3. The third-order valence-corrected chi connectivity index (χ3v) is 5.20. The first-order chi connectivity index (χ1) is 8.67. The maximum absolute atomic E-state index is 2.86. The van der Waals surface area contributed by atoms with E-state index in [4.69, 9.17) is 0 Å². The smallest absolute Gasteiger partial charge is 0.0249 e. The highest BCUT2D eigenvalue weighted by molar-refractivity contribution is 4.94. The van der Waals surface area contributed by atoms with Crippen LogP contribution in [0, 0.1) is 5.92 Å². The van der Waals surface area contributed by atoms with Crippen molar-refractivity contribution in [2.24, 2.45) is 5.92 Å². The first-order valence-corrected chi connectivity index (χ1v) is 8.17. The van der Waals surface area contributed by atoms with Crippen LogP contribution in [0.3, 0.4) is 0 Å². The fourth-order valence-corrected chi connectivity index (χ4v) is 4.00. The molecule has 0 aliphatic carbocycles. The van der Waals surface area contributed by atoms with Crippen molar-refractivity contribution in [2.75, 3.05) is 19.6 Å². The minimum absolute atomic E-state index is 0.782. The average Bonchev–Trinajstić information content (AvgIpc) is 2.39. The molecule has 2 fully saturated rings. The highest BCUT2D eigenvalue weighted by atomic mass is 15.3. The van der Waals surface area contributed by atoms with Gasteiger partial charge in [0.25, 0.3) is 0 Å². The van der Waals surface area contributed by atoms with E-state index in [0.717, 1.165) is 24.0 Å². The van der Waals surface area contributed by atoms with Gasteiger partial charge in [-0.2, -0.15) is 0 Å². The van der Waals surface area contributed by atoms with E-state index >= 15 is 0 Å². The molecule has 2 unspecified atom stereocenters. The molecule has 0 radical (unpaired) electrons. The molecule has 2 saturated heterocycles. The minimum Gasteiger partial charge on any atom is -0.298 e. The molecule has 0 aromatic rings. The second-order valence-electron chi connectivity index (χ2n) is 6.62. The lowest BCUT2D eigenvalue weighted by Gasteiger charge is -2.52. The molecule has 2 aliphatic heterocycles. The van der Waals surface area contributed by atoms with E-state index < -0.39 is 0 Å². The van der Waals surface area contributed by atoms with Crippen molar-refractivity contribution in [3.63, 3.8) is 0 Å². The standard InChI is InChI=1S/C16H32N2/c1-5-14(6-2)18-11-15-9-7-8-10-17(15)12-16(18)13(3)4/h13-16H,5-12H2,1-4H3. The zero-order chi connectivity index (χ0) is 13.1. The largest absolute Gasteiger partial charge is 0.298 e. The Kier molecular flexibility index (Phi) is 5.08. The van der Waals surface area contributed by atoms with Crippen LogP contribution in [0.25, 0.3) is 0 Å². The van der Waals surface area contributed by atoms with E-state index in [0.29, 0.717) is 0 Å².